The van der Waals surface area contributed by atoms with Crippen LogP contribution in [-0.4, -0.2) is 6.54 Å². The molecule has 0 saturated heterocycles. The third-order valence-electron chi connectivity index (χ3n) is 3.82. The van der Waals surface area contributed by atoms with Crippen molar-refractivity contribution >= 4 is 11.3 Å². The Balaban J connectivity index is 1.74. The minimum absolute atomic E-state index is 0.269. The first-order chi connectivity index (χ1) is 9.97. The van der Waals surface area contributed by atoms with E-state index < -0.39 is 0 Å². The van der Waals surface area contributed by atoms with Crippen molar-refractivity contribution in [2.24, 2.45) is 0 Å². The van der Waals surface area contributed by atoms with E-state index in [0.29, 0.717) is 5.92 Å². The minimum Gasteiger partial charge on any atom is -0.312 e. The van der Waals surface area contributed by atoms with Crippen LogP contribution in [0.4, 0.5) is 0 Å². The van der Waals surface area contributed by atoms with E-state index in [1.54, 1.807) is 0 Å². The molecule has 21 heavy (non-hydrogen) atoms. The van der Waals surface area contributed by atoms with E-state index in [1.807, 2.05) is 11.3 Å². The Morgan fingerprint density at radius 2 is 1.76 bits per heavy atom. The zero-order chi connectivity index (χ0) is 15.3. The van der Waals surface area contributed by atoms with Crippen molar-refractivity contribution in [3.05, 3.63) is 57.8 Å². The highest BCUT2D eigenvalue weighted by Crippen LogP contribution is 2.29. The predicted molar refractivity (Wildman–Crippen MR) is 94.2 cm³/mol. The molecule has 114 valence electrons. The van der Waals surface area contributed by atoms with Crippen molar-refractivity contribution in [3.63, 3.8) is 0 Å². The zero-order valence-corrected chi connectivity index (χ0v) is 14.5. The van der Waals surface area contributed by atoms with Gasteiger partial charge in [0, 0.05) is 16.3 Å². The van der Waals surface area contributed by atoms with Crippen molar-refractivity contribution in [1.82, 2.24) is 5.32 Å². The van der Waals surface area contributed by atoms with Gasteiger partial charge >= 0.3 is 0 Å². The molecule has 0 fully saturated rings. The lowest BCUT2D eigenvalue weighted by atomic mass is 9.95. The van der Waals surface area contributed by atoms with Crippen molar-refractivity contribution in [2.75, 3.05) is 6.54 Å². The van der Waals surface area contributed by atoms with Gasteiger partial charge in [-0.25, -0.2) is 0 Å². The van der Waals surface area contributed by atoms with Gasteiger partial charge in [-0.2, -0.15) is 0 Å². The van der Waals surface area contributed by atoms with E-state index in [2.05, 4.69) is 75.5 Å². The van der Waals surface area contributed by atoms with Gasteiger partial charge in [-0.1, -0.05) is 58.0 Å². The molecular weight excluding hydrogens is 274 g/mol. The van der Waals surface area contributed by atoms with Gasteiger partial charge in [0.15, 0.2) is 0 Å². The number of thiophene rings is 1. The van der Waals surface area contributed by atoms with Crippen LogP contribution in [0.2, 0.25) is 0 Å². The summed E-state index contributed by atoms with van der Waals surface area (Å²) in [4.78, 5) is 2.91. The van der Waals surface area contributed by atoms with Crippen LogP contribution >= 0.6 is 11.3 Å². The molecule has 1 unspecified atom stereocenters. The molecule has 2 rings (SSSR count). The van der Waals surface area contributed by atoms with Gasteiger partial charge in [0.1, 0.15) is 0 Å². The number of hydrogen-bond donors (Lipinski definition) is 1. The fraction of sp³-hybridized carbons (Fsp3) is 0.474. The highest BCUT2D eigenvalue weighted by Gasteiger charge is 2.15. The number of hydrogen-bond acceptors (Lipinski definition) is 2. The molecule has 0 aliphatic heterocycles. The maximum Gasteiger partial charge on any atom is 0.0299 e. The summed E-state index contributed by atoms with van der Waals surface area (Å²) in [6, 6.07) is 15.3. The lowest BCUT2D eigenvalue weighted by Crippen LogP contribution is -2.15. The summed E-state index contributed by atoms with van der Waals surface area (Å²) in [5, 5.41) is 3.58. The first-order valence-corrected chi connectivity index (χ1v) is 8.63. The van der Waals surface area contributed by atoms with E-state index in [0.717, 1.165) is 13.1 Å². The summed E-state index contributed by atoms with van der Waals surface area (Å²) in [5.41, 5.74) is 1.70. The highest BCUT2D eigenvalue weighted by molar-refractivity contribution is 7.12. The van der Waals surface area contributed by atoms with Crippen LogP contribution in [0.5, 0.6) is 0 Å². The standard InChI is InChI=1S/C19H27NS/c1-15(16-8-6-5-7-9-16)12-13-20-14-17-10-11-18(21-17)19(2,3)4/h5-11,15,20H,12-14H2,1-4H3. The van der Waals surface area contributed by atoms with Crippen LogP contribution in [0, 0.1) is 0 Å². The van der Waals surface area contributed by atoms with Crippen LogP contribution in [0.15, 0.2) is 42.5 Å². The van der Waals surface area contributed by atoms with Gasteiger partial charge in [0.05, 0.1) is 0 Å². The van der Waals surface area contributed by atoms with Crippen LogP contribution in [0.3, 0.4) is 0 Å². The molecule has 0 aliphatic rings. The topological polar surface area (TPSA) is 12.0 Å². The second-order valence-electron chi connectivity index (χ2n) is 6.79. The summed E-state index contributed by atoms with van der Waals surface area (Å²) >= 11 is 1.93. The largest absolute Gasteiger partial charge is 0.312 e. The average Bonchev–Trinajstić information content (AvgIpc) is 2.93. The lowest BCUT2D eigenvalue weighted by Gasteiger charge is -2.15. The normalized spacial score (nSPS) is 13.3. The second-order valence-corrected chi connectivity index (χ2v) is 7.96. The zero-order valence-electron chi connectivity index (χ0n) is 13.6. The molecule has 1 N–H and O–H groups in total. The molecule has 1 atom stereocenters. The molecule has 0 aliphatic carbocycles. The van der Waals surface area contributed by atoms with Crippen LogP contribution in [0.1, 0.15) is 55.4 Å². The first kappa shape index (κ1) is 16.3. The third-order valence-corrected chi connectivity index (χ3v) is 5.33. The van der Waals surface area contributed by atoms with Crippen molar-refractivity contribution in [2.45, 2.75) is 52.0 Å². The Bertz CT molecular complexity index is 536. The molecule has 0 radical (unpaired) electrons. The summed E-state index contributed by atoms with van der Waals surface area (Å²) < 4.78 is 0. The lowest BCUT2D eigenvalue weighted by molar-refractivity contribution is 0.597. The summed E-state index contributed by atoms with van der Waals surface area (Å²) in [6.07, 6.45) is 1.18. The summed E-state index contributed by atoms with van der Waals surface area (Å²) in [5.74, 6) is 0.618. The Labute approximate surface area is 133 Å². The van der Waals surface area contributed by atoms with Crippen LogP contribution in [0.25, 0.3) is 0 Å². The molecule has 0 spiro atoms. The first-order valence-electron chi connectivity index (χ1n) is 7.81. The van der Waals surface area contributed by atoms with Crippen LogP contribution < -0.4 is 5.32 Å². The molecule has 0 bridgehead atoms. The van der Waals surface area contributed by atoms with Gasteiger partial charge in [-0.15, -0.1) is 11.3 Å². The monoisotopic (exact) mass is 301 g/mol. The van der Waals surface area contributed by atoms with Gasteiger partial charge in [-0.05, 0) is 42.0 Å². The van der Waals surface area contributed by atoms with Crippen LogP contribution in [-0.2, 0) is 12.0 Å². The maximum absolute atomic E-state index is 3.58. The van der Waals surface area contributed by atoms with E-state index in [4.69, 9.17) is 0 Å². The number of benzene rings is 1. The van der Waals surface area contributed by atoms with Gasteiger partial charge in [0.25, 0.3) is 0 Å². The number of rotatable bonds is 6. The summed E-state index contributed by atoms with van der Waals surface area (Å²) in [6.45, 7) is 11.2. The molecule has 1 aromatic carbocycles. The van der Waals surface area contributed by atoms with Gasteiger partial charge in [-0.3, -0.25) is 0 Å². The van der Waals surface area contributed by atoms with E-state index in [1.165, 1.54) is 21.7 Å². The molecular formula is C19H27NS. The van der Waals surface area contributed by atoms with Crippen molar-refractivity contribution in [3.8, 4) is 0 Å². The van der Waals surface area contributed by atoms with Crippen molar-refractivity contribution < 1.29 is 0 Å². The predicted octanol–water partition coefficient (Wildman–Crippen LogP) is 5.33. The Morgan fingerprint density at radius 3 is 2.38 bits per heavy atom. The number of nitrogens with one attached hydrogen (secondary N) is 1. The fourth-order valence-electron chi connectivity index (χ4n) is 2.35. The maximum atomic E-state index is 3.58. The molecule has 1 aromatic heterocycles. The van der Waals surface area contributed by atoms with Gasteiger partial charge in [0.2, 0.25) is 0 Å². The SMILES string of the molecule is CC(CCNCc1ccc(C(C)(C)C)s1)c1ccccc1. The molecule has 0 amide bonds. The minimum atomic E-state index is 0.269. The molecule has 1 heterocycles. The highest BCUT2D eigenvalue weighted by atomic mass is 32.1. The third kappa shape index (κ3) is 4.98. The fourth-order valence-corrected chi connectivity index (χ4v) is 3.39. The van der Waals surface area contributed by atoms with E-state index in [9.17, 15) is 0 Å². The molecule has 2 heteroatoms. The Hall–Kier alpha value is -1.12. The Kier molecular flexibility index (Phi) is 5.60. The Morgan fingerprint density at radius 1 is 1.05 bits per heavy atom. The van der Waals surface area contributed by atoms with Gasteiger partial charge < -0.3 is 5.32 Å². The van der Waals surface area contributed by atoms with E-state index >= 15 is 0 Å². The smallest absolute Gasteiger partial charge is 0.0299 e. The molecule has 2 aromatic rings. The molecule has 1 nitrogen and oxygen atoms in total. The van der Waals surface area contributed by atoms with E-state index in [-0.39, 0.29) is 5.41 Å². The quantitative estimate of drug-likeness (QED) is 0.711. The molecule has 0 saturated carbocycles. The second kappa shape index (κ2) is 7.24. The summed E-state index contributed by atoms with van der Waals surface area (Å²) in [7, 11) is 0. The average molecular weight is 301 g/mol. The van der Waals surface area contributed by atoms with Crippen molar-refractivity contribution in [1.29, 1.82) is 0 Å².